The first-order valence-corrected chi connectivity index (χ1v) is 8.89. The van der Waals surface area contributed by atoms with E-state index >= 15 is 0 Å². The van der Waals surface area contributed by atoms with Crippen molar-refractivity contribution in [2.75, 3.05) is 26.2 Å². The Labute approximate surface area is 151 Å². The number of aromatic nitrogens is 1. The number of hydrazine groups is 1. The summed E-state index contributed by atoms with van der Waals surface area (Å²) >= 11 is 0. The third kappa shape index (κ3) is 3.08. The Morgan fingerprint density at radius 2 is 2.19 bits per heavy atom. The van der Waals surface area contributed by atoms with Gasteiger partial charge in [0, 0.05) is 24.9 Å². The van der Waals surface area contributed by atoms with E-state index in [1.54, 1.807) is 11.1 Å². The van der Waals surface area contributed by atoms with Crippen molar-refractivity contribution in [3.05, 3.63) is 28.9 Å². The predicted molar refractivity (Wildman–Crippen MR) is 90.4 cm³/mol. The zero-order valence-electron chi connectivity index (χ0n) is 15.0. The lowest BCUT2D eigenvalue weighted by Gasteiger charge is -2.20. The molecule has 3 aliphatic rings. The molecule has 1 atom stereocenters. The monoisotopic (exact) mass is 361 g/mol. The summed E-state index contributed by atoms with van der Waals surface area (Å²) in [5.74, 6) is 0.572. The second-order valence-corrected chi connectivity index (χ2v) is 6.91. The molecule has 1 N–H and O–H groups in total. The van der Waals surface area contributed by atoms with E-state index in [4.69, 9.17) is 9.26 Å². The second kappa shape index (κ2) is 6.73. The quantitative estimate of drug-likeness (QED) is 0.779. The van der Waals surface area contributed by atoms with E-state index in [2.05, 4.69) is 10.6 Å². The molecule has 3 amide bonds. The van der Waals surface area contributed by atoms with Gasteiger partial charge in [-0.15, -0.1) is 0 Å². The molecule has 3 aliphatic heterocycles. The van der Waals surface area contributed by atoms with Gasteiger partial charge >= 0.3 is 6.03 Å². The molecule has 1 aromatic heterocycles. The molecule has 9 nitrogen and oxygen atoms in total. The van der Waals surface area contributed by atoms with E-state index in [0.717, 1.165) is 36.5 Å². The van der Waals surface area contributed by atoms with Crippen molar-refractivity contribution >= 4 is 11.9 Å². The fourth-order valence-electron chi connectivity index (χ4n) is 3.60. The van der Waals surface area contributed by atoms with Crippen LogP contribution in [0.5, 0.6) is 0 Å². The van der Waals surface area contributed by atoms with E-state index in [0.29, 0.717) is 25.3 Å². The number of nitrogens with one attached hydrogen (secondary N) is 1. The van der Waals surface area contributed by atoms with Crippen LogP contribution in [-0.4, -0.2) is 64.2 Å². The van der Waals surface area contributed by atoms with Crippen LogP contribution < -0.4 is 5.43 Å². The average molecular weight is 361 g/mol. The Morgan fingerprint density at radius 1 is 1.35 bits per heavy atom. The number of aryl methyl sites for hydroxylation is 2. The fourth-order valence-corrected chi connectivity index (χ4v) is 3.60. The van der Waals surface area contributed by atoms with Crippen LogP contribution >= 0.6 is 0 Å². The molecule has 0 aliphatic carbocycles. The first kappa shape index (κ1) is 17.0. The highest BCUT2D eigenvalue weighted by atomic mass is 16.5. The summed E-state index contributed by atoms with van der Waals surface area (Å²) < 4.78 is 10.8. The molecule has 4 rings (SSSR count). The lowest BCUT2D eigenvalue weighted by molar-refractivity contribution is -0.124. The molecule has 0 aromatic carbocycles. The van der Waals surface area contributed by atoms with Gasteiger partial charge < -0.3 is 19.2 Å². The van der Waals surface area contributed by atoms with Crippen molar-refractivity contribution in [1.29, 1.82) is 0 Å². The molecule has 26 heavy (non-hydrogen) atoms. The van der Waals surface area contributed by atoms with Crippen molar-refractivity contribution in [2.45, 2.75) is 39.3 Å². The van der Waals surface area contributed by atoms with Gasteiger partial charge in [-0.1, -0.05) is 5.16 Å². The van der Waals surface area contributed by atoms with Gasteiger partial charge in [-0.2, -0.15) is 0 Å². The number of nitrogens with zero attached hydrogens (tertiary/aromatic N) is 4. The summed E-state index contributed by atoms with van der Waals surface area (Å²) in [6, 6.07) is -0.266. The summed E-state index contributed by atoms with van der Waals surface area (Å²) in [4.78, 5) is 27.9. The van der Waals surface area contributed by atoms with Crippen LogP contribution in [0.2, 0.25) is 0 Å². The Balaban J connectivity index is 1.43. The Bertz CT molecular complexity index is 733. The molecule has 1 unspecified atom stereocenters. The van der Waals surface area contributed by atoms with Crippen molar-refractivity contribution in [1.82, 2.24) is 25.4 Å². The number of amides is 3. The largest absolute Gasteiger partial charge is 0.376 e. The number of hydrogen-bond donors (Lipinski definition) is 1. The normalized spacial score (nSPS) is 23.5. The maximum absolute atomic E-state index is 12.7. The highest BCUT2D eigenvalue weighted by molar-refractivity contribution is 6.03. The Kier molecular flexibility index (Phi) is 4.41. The molecule has 0 radical (unpaired) electrons. The first-order valence-electron chi connectivity index (χ1n) is 8.89. The van der Waals surface area contributed by atoms with Gasteiger partial charge in [0.25, 0.3) is 5.91 Å². The number of carbonyl (C=O) groups excluding carboxylic acids is 2. The van der Waals surface area contributed by atoms with Crippen LogP contribution in [0.15, 0.2) is 16.4 Å². The molecular formula is C17H23N5O4. The molecule has 140 valence electrons. The minimum absolute atomic E-state index is 0.0402. The average Bonchev–Trinajstić information content (AvgIpc) is 3.37. The maximum Gasteiger partial charge on any atom is 0.331 e. The minimum Gasteiger partial charge on any atom is -0.376 e. The van der Waals surface area contributed by atoms with E-state index in [9.17, 15) is 9.59 Å². The zero-order valence-corrected chi connectivity index (χ0v) is 15.0. The molecule has 1 aromatic rings. The number of rotatable bonds is 5. The van der Waals surface area contributed by atoms with Gasteiger partial charge in [-0.05, 0) is 26.7 Å². The van der Waals surface area contributed by atoms with Crippen LogP contribution in [0.1, 0.15) is 29.9 Å². The van der Waals surface area contributed by atoms with Gasteiger partial charge in [-0.3, -0.25) is 4.79 Å². The molecule has 0 bridgehead atoms. The standard InChI is InChI=1S/C17H23N5O4/c1-11-15(12(2)26-19-11)9-21-7-13(6-18-21)22-16(23)10-20(17(22)24)8-14-4-3-5-25-14/h7,14,18H,3-6,8-10H2,1-2H3. The molecular weight excluding hydrogens is 338 g/mol. The maximum atomic E-state index is 12.7. The van der Waals surface area contributed by atoms with Crippen molar-refractivity contribution in [2.24, 2.45) is 0 Å². The number of ether oxygens (including phenoxy) is 1. The Hall–Kier alpha value is -2.39. The number of imide groups is 1. The van der Waals surface area contributed by atoms with Crippen LogP contribution in [-0.2, 0) is 16.1 Å². The number of urea groups is 1. The van der Waals surface area contributed by atoms with Gasteiger partial charge in [0.15, 0.2) is 0 Å². The first-order chi connectivity index (χ1) is 12.5. The molecule has 9 heteroatoms. The summed E-state index contributed by atoms with van der Waals surface area (Å²) in [6.07, 6.45) is 3.79. The van der Waals surface area contributed by atoms with Crippen LogP contribution in [0.4, 0.5) is 4.79 Å². The fraction of sp³-hybridized carbons (Fsp3) is 0.588. The van der Waals surface area contributed by atoms with E-state index in [-0.39, 0.29) is 24.6 Å². The summed E-state index contributed by atoms with van der Waals surface area (Å²) in [5.41, 5.74) is 5.67. The summed E-state index contributed by atoms with van der Waals surface area (Å²) in [6.45, 7) is 6.06. The van der Waals surface area contributed by atoms with Crippen molar-refractivity contribution < 1.29 is 18.8 Å². The van der Waals surface area contributed by atoms with Gasteiger partial charge in [-0.25, -0.2) is 15.1 Å². The summed E-state index contributed by atoms with van der Waals surface area (Å²) in [5, 5.41) is 5.80. The number of hydrogen-bond acceptors (Lipinski definition) is 7. The second-order valence-electron chi connectivity index (χ2n) is 6.91. The van der Waals surface area contributed by atoms with E-state index < -0.39 is 0 Å². The van der Waals surface area contributed by atoms with E-state index in [1.807, 2.05) is 18.9 Å². The highest BCUT2D eigenvalue weighted by Gasteiger charge is 2.40. The van der Waals surface area contributed by atoms with Crippen LogP contribution in [0, 0.1) is 13.8 Å². The third-order valence-electron chi connectivity index (χ3n) is 5.05. The van der Waals surface area contributed by atoms with Gasteiger partial charge in [0.05, 0.1) is 30.6 Å². The predicted octanol–water partition coefficient (Wildman–Crippen LogP) is 0.896. The van der Waals surface area contributed by atoms with Gasteiger partial charge in [0.1, 0.15) is 12.3 Å². The molecule has 4 heterocycles. The smallest absolute Gasteiger partial charge is 0.331 e. The van der Waals surface area contributed by atoms with E-state index in [1.165, 1.54) is 4.90 Å². The SMILES string of the molecule is Cc1noc(C)c1CN1C=C(N2C(=O)CN(CC3CCCO3)C2=O)CN1. The lowest BCUT2D eigenvalue weighted by Crippen LogP contribution is -2.37. The summed E-state index contributed by atoms with van der Waals surface area (Å²) in [7, 11) is 0. The topological polar surface area (TPSA) is 91.2 Å². The highest BCUT2D eigenvalue weighted by Crippen LogP contribution is 2.23. The molecule has 0 spiro atoms. The molecule has 2 saturated heterocycles. The number of carbonyl (C=O) groups is 2. The van der Waals surface area contributed by atoms with Gasteiger partial charge in [0.2, 0.25) is 0 Å². The Morgan fingerprint density at radius 3 is 2.88 bits per heavy atom. The molecule has 2 fully saturated rings. The van der Waals surface area contributed by atoms with Crippen molar-refractivity contribution in [3.8, 4) is 0 Å². The molecule has 0 saturated carbocycles. The zero-order chi connectivity index (χ0) is 18.3. The van der Waals surface area contributed by atoms with Crippen LogP contribution in [0.3, 0.4) is 0 Å². The third-order valence-corrected chi connectivity index (χ3v) is 5.05. The lowest BCUT2D eigenvalue weighted by atomic mass is 10.2. The minimum atomic E-state index is -0.266. The van der Waals surface area contributed by atoms with Crippen molar-refractivity contribution in [3.63, 3.8) is 0 Å². The van der Waals surface area contributed by atoms with Crippen LogP contribution in [0.25, 0.3) is 0 Å².